The van der Waals surface area contributed by atoms with Gasteiger partial charge >= 0.3 is 0 Å². The molecule has 116 valence electrons. The average molecular weight is 341 g/mol. The minimum Gasteiger partial charge on any atom is -0.390 e. The van der Waals surface area contributed by atoms with Crippen LogP contribution in [0.1, 0.15) is 6.42 Å². The van der Waals surface area contributed by atoms with Crippen LogP contribution in [0, 0.1) is 11.3 Å². The van der Waals surface area contributed by atoms with Crippen LogP contribution in [0.4, 0.5) is 5.69 Å². The van der Waals surface area contributed by atoms with Crippen LogP contribution in [0.3, 0.4) is 0 Å². The molecular formula is C14H14Cl2N4O2. The molecule has 0 heterocycles. The van der Waals surface area contributed by atoms with Crippen molar-refractivity contribution in [3.63, 3.8) is 0 Å². The maximum absolute atomic E-state index is 12.0. The molecule has 0 aliphatic carbocycles. The third kappa shape index (κ3) is 5.64. The van der Waals surface area contributed by atoms with Gasteiger partial charge in [0.1, 0.15) is 11.6 Å². The number of carbonyl (C=O) groups is 2. The van der Waals surface area contributed by atoms with Crippen LogP contribution in [0.15, 0.2) is 30.0 Å². The summed E-state index contributed by atoms with van der Waals surface area (Å²) in [6.45, 7) is 1.02. The van der Waals surface area contributed by atoms with Crippen LogP contribution in [-0.2, 0) is 9.59 Å². The van der Waals surface area contributed by atoms with E-state index in [1.54, 1.807) is 24.3 Å². The molecule has 0 atom stereocenters. The summed E-state index contributed by atoms with van der Waals surface area (Å²) >= 11 is 11.8. The Morgan fingerprint density at radius 3 is 2.68 bits per heavy atom. The highest BCUT2D eigenvalue weighted by Crippen LogP contribution is 2.29. The van der Waals surface area contributed by atoms with Gasteiger partial charge in [-0.15, -0.1) is 0 Å². The van der Waals surface area contributed by atoms with Crippen molar-refractivity contribution in [2.75, 3.05) is 18.4 Å². The van der Waals surface area contributed by atoms with E-state index in [1.165, 1.54) is 6.20 Å². The maximum Gasteiger partial charge on any atom is 0.267 e. The summed E-state index contributed by atoms with van der Waals surface area (Å²) in [6, 6.07) is 6.61. The minimum atomic E-state index is -0.592. The summed E-state index contributed by atoms with van der Waals surface area (Å²) in [5.41, 5.74) is 0.231. The molecule has 0 saturated carbocycles. The SMILES string of the molecule is N#C/C(=C/NCCCNC=O)C(=O)Nc1cccc(Cl)c1Cl. The summed E-state index contributed by atoms with van der Waals surface area (Å²) in [7, 11) is 0. The second kappa shape index (κ2) is 9.66. The largest absolute Gasteiger partial charge is 0.390 e. The fourth-order valence-corrected chi connectivity index (χ4v) is 1.81. The zero-order valence-electron chi connectivity index (χ0n) is 11.5. The average Bonchev–Trinajstić information content (AvgIpc) is 2.51. The Hall–Kier alpha value is -2.23. The molecule has 0 fully saturated rings. The number of nitriles is 1. The Morgan fingerprint density at radius 2 is 2.00 bits per heavy atom. The lowest BCUT2D eigenvalue weighted by Crippen LogP contribution is -2.20. The highest BCUT2D eigenvalue weighted by Gasteiger charge is 2.12. The van der Waals surface area contributed by atoms with Crippen molar-refractivity contribution in [3.8, 4) is 6.07 Å². The fraction of sp³-hybridized carbons (Fsp3) is 0.214. The topological polar surface area (TPSA) is 94.0 Å². The van der Waals surface area contributed by atoms with E-state index in [-0.39, 0.29) is 10.6 Å². The van der Waals surface area contributed by atoms with E-state index in [4.69, 9.17) is 28.5 Å². The van der Waals surface area contributed by atoms with Crippen LogP contribution < -0.4 is 16.0 Å². The third-order valence-corrected chi connectivity index (χ3v) is 3.36. The number of nitrogens with zero attached hydrogens (tertiary/aromatic N) is 1. The van der Waals surface area contributed by atoms with Gasteiger partial charge in [-0.25, -0.2) is 0 Å². The summed E-state index contributed by atoms with van der Waals surface area (Å²) < 4.78 is 0. The van der Waals surface area contributed by atoms with Gasteiger partial charge in [0, 0.05) is 19.3 Å². The smallest absolute Gasteiger partial charge is 0.267 e. The highest BCUT2D eigenvalue weighted by molar-refractivity contribution is 6.44. The number of amides is 2. The second-order valence-corrected chi connectivity index (χ2v) is 4.89. The summed E-state index contributed by atoms with van der Waals surface area (Å²) in [4.78, 5) is 22.0. The predicted molar refractivity (Wildman–Crippen MR) is 85.5 cm³/mol. The van der Waals surface area contributed by atoms with Crippen molar-refractivity contribution >= 4 is 41.2 Å². The molecule has 2 amide bonds. The standard InChI is InChI=1S/C14H14Cl2N4O2/c15-11-3-1-4-12(13(11)16)20-14(22)10(7-17)8-18-5-2-6-19-9-21/h1,3-4,8-9,18H,2,5-6H2,(H,19,21)(H,20,22)/b10-8-. The molecule has 0 aliphatic heterocycles. The first-order valence-corrected chi connectivity index (χ1v) is 7.11. The number of benzene rings is 1. The van der Waals surface area contributed by atoms with Crippen molar-refractivity contribution in [1.29, 1.82) is 5.26 Å². The molecule has 0 bridgehead atoms. The highest BCUT2D eigenvalue weighted by atomic mass is 35.5. The van der Waals surface area contributed by atoms with Gasteiger partial charge in [0.15, 0.2) is 0 Å². The van der Waals surface area contributed by atoms with E-state index in [2.05, 4.69) is 16.0 Å². The zero-order chi connectivity index (χ0) is 16.4. The first-order valence-electron chi connectivity index (χ1n) is 6.36. The van der Waals surface area contributed by atoms with Crippen molar-refractivity contribution in [2.45, 2.75) is 6.42 Å². The van der Waals surface area contributed by atoms with Gasteiger partial charge in [-0.2, -0.15) is 5.26 Å². The first-order chi connectivity index (χ1) is 10.6. The van der Waals surface area contributed by atoms with Crippen molar-refractivity contribution in [3.05, 3.63) is 40.0 Å². The number of hydrogen-bond acceptors (Lipinski definition) is 4. The number of halogens is 2. The lowest BCUT2D eigenvalue weighted by molar-refractivity contribution is -0.112. The maximum atomic E-state index is 12.0. The van der Waals surface area contributed by atoms with Gasteiger partial charge in [-0.3, -0.25) is 9.59 Å². The molecule has 0 aliphatic rings. The molecule has 6 nitrogen and oxygen atoms in total. The fourth-order valence-electron chi connectivity index (χ4n) is 1.46. The zero-order valence-corrected chi connectivity index (χ0v) is 13.0. The number of rotatable bonds is 8. The minimum absolute atomic E-state index is 0.0978. The molecule has 0 unspecified atom stereocenters. The van der Waals surface area contributed by atoms with Gasteiger partial charge in [-0.05, 0) is 18.6 Å². The Morgan fingerprint density at radius 1 is 1.27 bits per heavy atom. The molecule has 1 aromatic carbocycles. The quantitative estimate of drug-likeness (QED) is 0.292. The van der Waals surface area contributed by atoms with E-state index < -0.39 is 5.91 Å². The molecule has 0 saturated heterocycles. The molecule has 0 aromatic heterocycles. The van der Waals surface area contributed by atoms with Crippen LogP contribution >= 0.6 is 23.2 Å². The summed E-state index contributed by atoms with van der Waals surface area (Å²) in [5, 5.41) is 17.4. The van der Waals surface area contributed by atoms with E-state index in [0.717, 1.165) is 0 Å². The van der Waals surface area contributed by atoms with Gasteiger partial charge in [0.05, 0.1) is 15.7 Å². The van der Waals surface area contributed by atoms with E-state index in [1.807, 2.05) is 0 Å². The Balaban J connectivity index is 2.59. The number of hydrogen-bond donors (Lipinski definition) is 3. The van der Waals surface area contributed by atoms with Crippen molar-refractivity contribution in [2.24, 2.45) is 0 Å². The number of anilines is 1. The first kappa shape index (κ1) is 17.8. The molecule has 0 radical (unpaired) electrons. The summed E-state index contributed by atoms with van der Waals surface area (Å²) in [6.07, 6.45) is 2.59. The van der Waals surface area contributed by atoms with Crippen LogP contribution in [0.2, 0.25) is 10.0 Å². The van der Waals surface area contributed by atoms with Gasteiger partial charge in [0.25, 0.3) is 5.91 Å². The van der Waals surface area contributed by atoms with E-state index >= 15 is 0 Å². The van der Waals surface area contributed by atoms with Gasteiger partial charge < -0.3 is 16.0 Å². The Bertz CT molecular complexity index is 611. The third-order valence-electron chi connectivity index (χ3n) is 2.54. The van der Waals surface area contributed by atoms with Crippen LogP contribution in [0.5, 0.6) is 0 Å². The normalized spacial score (nSPS) is 10.5. The number of nitrogens with one attached hydrogen (secondary N) is 3. The van der Waals surface area contributed by atoms with Gasteiger partial charge in [0.2, 0.25) is 6.41 Å². The Labute approximate surface area is 138 Å². The number of carbonyl (C=O) groups excluding carboxylic acids is 2. The monoisotopic (exact) mass is 340 g/mol. The second-order valence-electron chi connectivity index (χ2n) is 4.10. The Kier molecular flexibility index (Phi) is 7.83. The molecule has 1 aromatic rings. The summed E-state index contributed by atoms with van der Waals surface area (Å²) in [5.74, 6) is -0.592. The van der Waals surface area contributed by atoms with Crippen molar-refractivity contribution < 1.29 is 9.59 Å². The van der Waals surface area contributed by atoms with Crippen LogP contribution in [-0.4, -0.2) is 25.4 Å². The molecule has 1 rings (SSSR count). The lowest BCUT2D eigenvalue weighted by atomic mass is 10.2. The van der Waals surface area contributed by atoms with Crippen molar-refractivity contribution in [1.82, 2.24) is 10.6 Å². The lowest BCUT2D eigenvalue weighted by Gasteiger charge is -2.07. The van der Waals surface area contributed by atoms with E-state index in [0.29, 0.717) is 36.6 Å². The molecule has 22 heavy (non-hydrogen) atoms. The molecule has 8 heteroatoms. The van der Waals surface area contributed by atoms with Gasteiger partial charge in [-0.1, -0.05) is 29.3 Å². The molecular weight excluding hydrogens is 327 g/mol. The van der Waals surface area contributed by atoms with Crippen LogP contribution in [0.25, 0.3) is 0 Å². The predicted octanol–water partition coefficient (Wildman–Crippen LogP) is 2.07. The van der Waals surface area contributed by atoms with E-state index in [9.17, 15) is 9.59 Å². The molecule has 3 N–H and O–H groups in total. The molecule has 0 spiro atoms.